The maximum Gasteiger partial charge on any atom is 0.350 e. The van der Waals surface area contributed by atoms with Crippen LogP contribution in [-0.2, 0) is 18.4 Å². The smallest absolute Gasteiger partial charge is 0.350 e. The number of rotatable bonds is 7. The van der Waals surface area contributed by atoms with E-state index in [2.05, 4.69) is 5.10 Å². The molecule has 0 saturated heterocycles. The first-order valence-corrected chi connectivity index (χ1v) is 11.6. The first-order valence-electron chi connectivity index (χ1n) is 11.6. The molecule has 1 atom stereocenters. The monoisotopic (exact) mass is 493 g/mol. The number of carboxylic acid groups (broad SMARTS) is 1. The third kappa shape index (κ3) is 4.24. The van der Waals surface area contributed by atoms with Gasteiger partial charge in [0.05, 0.1) is 17.8 Å². The molecule has 0 saturated carbocycles. The summed E-state index contributed by atoms with van der Waals surface area (Å²) in [5, 5.41) is 36.0. The number of carboxylic acids is 1. The predicted molar refractivity (Wildman–Crippen MR) is 137 cm³/mol. The maximum absolute atomic E-state index is 13.7. The molecule has 4 rings (SSSR count). The van der Waals surface area contributed by atoms with Gasteiger partial charge in [0.15, 0.2) is 5.82 Å². The highest BCUT2D eigenvalue weighted by atomic mass is 16.4. The Bertz CT molecular complexity index is 1530. The molecule has 36 heavy (non-hydrogen) atoms. The number of benzene rings is 2. The van der Waals surface area contributed by atoms with Gasteiger partial charge in [0.1, 0.15) is 17.5 Å². The molecule has 0 aliphatic carbocycles. The summed E-state index contributed by atoms with van der Waals surface area (Å²) in [5.41, 5.74) is 6.74. The van der Waals surface area contributed by atoms with E-state index in [0.717, 1.165) is 10.9 Å². The lowest BCUT2D eigenvalue weighted by molar-refractivity contribution is -0.141. The highest BCUT2D eigenvalue weighted by Gasteiger charge is 2.34. The molecule has 2 aromatic carbocycles. The van der Waals surface area contributed by atoms with Crippen molar-refractivity contribution in [2.75, 3.05) is 0 Å². The summed E-state index contributed by atoms with van der Waals surface area (Å²) in [6.45, 7) is 7.05. The Balaban J connectivity index is 1.98. The van der Waals surface area contributed by atoms with E-state index in [0.29, 0.717) is 11.3 Å². The number of nitrogens with zero attached hydrogens (tertiary/aromatic N) is 4. The van der Waals surface area contributed by atoms with Gasteiger partial charge in [-0.05, 0) is 41.8 Å². The molecule has 2 aromatic heterocycles. The van der Waals surface area contributed by atoms with Gasteiger partial charge in [0.25, 0.3) is 0 Å². The van der Waals surface area contributed by atoms with Gasteiger partial charge in [0.2, 0.25) is 0 Å². The number of hydrogen-bond acceptors (Lipinski definition) is 6. The molecular formula is C26H31N5O5. The number of nitrogens with two attached hydrogens (primary N) is 1. The topological polar surface area (TPSA) is 149 Å². The molecule has 1 unspecified atom stereocenters. The summed E-state index contributed by atoms with van der Waals surface area (Å²) in [7, 11) is 1.92. The largest absolute Gasteiger partial charge is 0.508 e. The van der Waals surface area contributed by atoms with E-state index < -0.39 is 23.1 Å². The van der Waals surface area contributed by atoms with E-state index in [1.165, 1.54) is 15.3 Å². The van der Waals surface area contributed by atoms with Crippen LogP contribution < -0.4 is 11.4 Å². The van der Waals surface area contributed by atoms with Crippen LogP contribution in [-0.4, -0.2) is 46.2 Å². The van der Waals surface area contributed by atoms with Gasteiger partial charge in [-0.2, -0.15) is 0 Å². The molecule has 0 amide bonds. The van der Waals surface area contributed by atoms with Crippen molar-refractivity contribution in [2.24, 2.45) is 18.2 Å². The van der Waals surface area contributed by atoms with Crippen molar-refractivity contribution in [2.45, 2.75) is 46.2 Å². The Morgan fingerprint density at radius 1 is 1.11 bits per heavy atom. The van der Waals surface area contributed by atoms with Crippen LogP contribution in [0.2, 0.25) is 0 Å². The third-order valence-electron chi connectivity index (χ3n) is 6.64. The number of hydrogen-bond donors (Lipinski definition) is 4. The summed E-state index contributed by atoms with van der Waals surface area (Å²) >= 11 is 0. The van der Waals surface area contributed by atoms with Crippen LogP contribution in [0.4, 0.5) is 0 Å². The molecule has 190 valence electrons. The lowest BCUT2D eigenvalue weighted by atomic mass is 9.85. The Kier molecular flexibility index (Phi) is 6.17. The molecule has 4 aromatic rings. The number of aryl methyl sites for hydroxylation is 1. The van der Waals surface area contributed by atoms with E-state index >= 15 is 0 Å². The average Bonchev–Trinajstić information content (AvgIpc) is 3.32. The number of aliphatic carboxylic acids is 1. The zero-order valence-electron chi connectivity index (χ0n) is 20.9. The second-order valence-electron chi connectivity index (χ2n) is 10.2. The van der Waals surface area contributed by atoms with Gasteiger partial charge in [0, 0.05) is 35.6 Å². The van der Waals surface area contributed by atoms with Gasteiger partial charge in [-0.25, -0.2) is 14.0 Å². The fourth-order valence-electron chi connectivity index (χ4n) is 4.38. The zero-order valence-corrected chi connectivity index (χ0v) is 20.9. The van der Waals surface area contributed by atoms with Crippen molar-refractivity contribution >= 4 is 16.9 Å². The van der Waals surface area contributed by atoms with E-state index in [-0.39, 0.29) is 35.3 Å². The second kappa shape index (κ2) is 8.87. The summed E-state index contributed by atoms with van der Waals surface area (Å²) < 4.78 is 4.52. The van der Waals surface area contributed by atoms with Crippen molar-refractivity contribution in [1.82, 2.24) is 18.9 Å². The fraction of sp³-hybridized carbons (Fsp3) is 0.346. The van der Waals surface area contributed by atoms with Crippen LogP contribution in [0.25, 0.3) is 28.0 Å². The van der Waals surface area contributed by atoms with Crippen LogP contribution in [0.5, 0.6) is 11.5 Å². The van der Waals surface area contributed by atoms with Crippen LogP contribution in [0.1, 0.15) is 39.2 Å². The summed E-state index contributed by atoms with van der Waals surface area (Å²) in [4.78, 5) is 25.3. The zero-order chi connectivity index (χ0) is 26.5. The Labute approximate surface area is 207 Å². The van der Waals surface area contributed by atoms with Crippen LogP contribution in [0, 0.1) is 5.41 Å². The molecule has 0 spiro atoms. The van der Waals surface area contributed by atoms with Gasteiger partial charge in [-0.1, -0.05) is 27.7 Å². The maximum atomic E-state index is 13.7. The molecule has 0 aliphatic heterocycles. The molecule has 0 fully saturated rings. The van der Waals surface area contributed by atoms with E-state index in [9.17, 15) is 24.9 Å². The minimum absolute atomic E-state index is 0.0558. The lowest BCUT2D eigenvalue weighted by Crippen LogP contribution is -2.47. The van der Waals surface area contributed by atoms with Gasteiger partial charge in [-0.15, -0.1) is 5.10 Å². The normalized spacial score (nSPS) is 13.0. The van der Waals surface area contributed by atoms with Gasteiger partial charge >= 0.3 is 11.7 Å². The van der Waals surface area contributed by atoms with Crippen LogP contribution in [0.15, 0.2) is 47.4 Å². The Hall–Kier alpha value is -4.05. The minimum Gasteiger partial charge on any atom is -0.508 e. The van der Waals surface area contributed by atoms with Crippen LogP contribution in [0.3, 0.4) is 0 Å². The Morgan fingerprint density at radius 2 is 1.81 bits per heavy atom. The molecule has 5 N–H and O–H groups in total. The number of phenols is 2. The van der Waals surface area contributed by atoms with Crippen molar-refractivity contribution in [3.63, 3.8) is 0 Å². The summed E-state index contributed by atoms with van der Waals surface area (Å²) in [6.07, 6.45) is 1.91. The van der Waals surface area contributed by atoms with E-state index in [4.69, 9.17) is 5.73 Å². The Morgan fingerprint density at radius 3 is 2.44 bits per heavy atom. The van der Waals surface area contributed by atoms with Gasteiger partial charge < -0.3 is 25.6 Å². The SMILES string of the molecule is CC(C)c1cc(-c2nn(CC(C)(C)C(N)C(=O)O)c(=O)n2-c2ccc3c(ccn3C)c2)c(O)cc1O. The molecule has 0 aliphatic rings. The standard InChI is InChI=1S/C26H31N5O5/c1-14(2)17-11-18(21(33)12-20(17)32)23-28-30(13-26(3,4)22(27)24(34)35)25(36)31(23)16-6-7-19-15(10-16)8-9-29(19)5/h6-12,14,22,32-33H,13,27H2,1-5H3,(H,34,35). The predicted octanol–water partition coefficient (Wildman–Crippen LogP) is 3.17. The quantitative estimate of drug-likeness (QED) is 0.309. The van der Waals surface area contributed by atoms with Crippen molar-refractivity contribution in [3.8, 4) is 28.6 Å². The van der Waals surface area contributed by atoms with Crippen molar-refractivity contribution < 1.29 is 20.1 Å². The van der Waals surface area contributed by atoms with E-state index in [1.54, 1.807) is 26.0 Å². The third-order valence-corrected chi connectivity index (χ3v) is 6.64. The highest BCUT2D eigenvalue weighted by Crippen LogP contribution is 2.38. The molecule has 10 nitrogen and oxygen atoms in total. The van der Waals surface area contributed by atoms with Crippen molar-refractivity contribution in [3.05, 3.63) is 58.6 Å². The highest BCUT2D eigenvalue weighted by molar-refractivity contribution is 5.82. The fourth-order valence-corrected chi connectivity index (χ4v) is 4.38. The molecular weight excluding hydrogens is 462 g/mol. The lowest BCUT2D eigenvalue weighted by Gasteiger charge is -2.27. The average molecular weight is 494 g/mol. The number of phenolic OH excluding ortho intramolecular Hbond substituents is 2. The minimum atomic E-state index is -1.23. The molecule has 2 heterocycles. The number of aromatic hydroxyl groups is 2. The number of aromatic nitrogens is 4. The number of fused-ring (bicyclic) bond motifs is 1. The summed E-state index contributed by atoms with van der Waals surface area (Å²) in [6, 6.07) is 9.08. The molecule has 0 bridgehead atoms. The van der Waals surface area contributed by atoms with Gasteiger partial charge in [-0.3, -0.25) is 4.79 Å². The van der Waals surface area contributed by atoms with E-state index in [1.807, 2.05) is 49.9 Å². The first-order chi connectivity index (χ1) is 16.8. The van der Waals surface area contributed by atoms with Crippen molar-refractivity contribution in [1.29, 1.82) is 0 Å². The van der Waals surface area contributed by atoms with Crippen LogP contribution >= 0.6 is 0 Å². The number of carbonyl (C=O) groups is 1. The molecule has 10 heteroatoms. The molecule has 0 radical (unpaired) electrons. The second-order valence-corrected chi connectivity index (χ2v) is 10.2. The summed E-state index contributed by atoms with van der Waals surface area (Å²) in [5.74, 6) is -1.37. The first kappa shape index (κ1) is 25.1.